The Kier molecular flexibility index (Phi) is 5.70. The minimum absolute atomic E-state index is 0.0764. The lowest BCUT2D eigenvalue weighted by Crippen LogP contribution is -2.36. The first-order valence-electron chi connectivity index (χ1n) is 10.0. The van der Waals surface area contributed by atoms with E-state index in [0.29, 0.717) is 12.2 Å². The van der Waals surface area contributed by atoms with Crippen molar-refractivity contribution in [3.05, 3.63) is 101 Å². The molecule has 1 aliphatic carbocycles. The Morgan fingerprint density at radius 2 is 1.97 bits per heavy atom. The first-order chi connectivity index (χ1) is 14.5. The molecular weight excluding hydrogens is 381 g/mol. The van der Waals surface area contributed by atoms with E-state index in [0.717, 1.165) is 17.0 Å². The topological polar surface area (TPSA) is 38.8 Å². The lowest BCUT2D eigenvalue weighted by atomic mass is 9.92. The summed E-state index contributed by atoms with van der Waals surface area (Å²) in [6.45, 7) is 4.29. The van der Waals surface area contributed by atoms with Gasteiger partial charge in [0.05, 0.1) is 6.04 Å². The summed E-state index contributed by atoms with van der Waals surface area (Å²) in [5.41, 5.74) is 2.83. The standard InChI is InChI=1S/C25H24FNO3/c1-17-9-12-23(13-10-17)30-22-8-4-7-21(11-14-22)27-24(16-29-25(27)28)18(2)19-5-3-6-20(26)15-19/h3-6,8-15,18,24H,7,16H2,1-2H3/t18-,24?/m1/s1. The fourth-order valence-electron chi connectivity index (χ4n) is 3.73. The van der Waals surface area contributed by atoms with Crippen molar-refractivity contribution in [1.82, 2.24) is 4.90 Å². The van der Waals surface area contributed by atoms with Gasteiger partial charge in [0.25, 0.3) is 0 Å². The second kappa shape index (κ2) is 8.57. The highest BCUT2D eigenvalue weighted by Gasteiger charge is 2.39. The number of carbonyl (C=O) groups excluding carboxylic acids is 1. The zero-order valence-electron chi connectivity index (χ0n) is 17.0. The van der Waals surface area contributed by atoms with Gasteiger partial charge in [-0.1, -0.05) is 42.8 Å². The molecule has 1 heterocycles. The Morgan fingerprint density at radius 3 is 2.73 bits per heavy atom. The molecule has 154 valence electrons. The molecule has 2 aromatic rings. The maximum atomic E-state index is 13.7. The summed E-state index contributed by atoms with van der Waals surface area (Å²) in [6.07, 6.45) is 7.80. The highest BCUT2D eigenvalue weighted by atomic mass is 19.1. The van der Waals surface area contributed by atoms with E-state index in [1.54, 1.807) is 11.0 Å². The van der Waals surface area contributed by atoms with Gasteiger partial charge in [-0.2, -0.15) is 0 Å². The smallest absolute Gasteiger partial charge is 0.414 e. The Morgan fingerprint density at radius 1 is 1.17 bits per heavy atom. The van der Waals surface area contributed by atoms with Gasteiger partial charge in [-0.05, 0) is 55.0 Å². The number of rotatable bonds is 5. The summed E-state index contributed by atoms with van der Waals surface area (Å²) in [4.78, 5) is 14.2. The van der Waals surface area contributed by atoms with E-state index in [1.807, 2.05) is 68.5 Å². The first kappa shape index (κ1) is 20.0. The van der Waals surface area contributed by atoms with Crippen molar-refractivity contribution in [1.29, 1.82) is 0 Å². The van der Waals surface area contributed by atoms with E-state index in [9.17, 15) is 9.18 Å². The van der Waals surface area contributed by atoms with Crippen LogP contribution < -0.4 is 4.74 Å². The molecule has 2 aromatic carbocycles. The third-order valence-electron chi connectivity index (χ3n) is 5.47. The van der Waals surface area contributed by atoms with E-state index in [1.165, 1.54) is 17.7 Å². The maximum Gasteiger partial charge on any atom is 0.414 e. The zero-order chi connectivity index (χ0) is 21.1. The number of benzene rings is 2. The molecule has 5 heteroatoms. The molecule has 2 atom stereocenters. The van der Waals surface area contributed by atoms with Crippen LogP contribution in [0.5, 0.6) is 5.75 Å². The lowest BCUT2D eigenvalue weighted by Gasteiger charge is -2.28. The van der Waals surface area contributed by atoms with Crippen LogP contribution in [0.2, 0.25) is 0 Å². The number of aryl methyl sites for hydroxylation is 1. The van der Waals surface area contributed by atoms with Crippen LogP contribution in [0.15, 0.2) is 84.3 Å². The molecule has 1 saturated heterocycles. The summed E-state index contributed by atoms with van der Waals surface area (Å²) in [6, 6.07) is 14.1. The van der Waals surface area contributed by atoms with Crippen molar-refractivity contribution in [2.45, 2.75) is 32.2 Å². The summed E-state index contributed by atoms with van der Waals surface area (Å²) in [7, 11) is 0. The molecule has 0 spiro atoms. The van der Waals surface area contributed by atoms with Crippen molar-refractivity contribution in [3.8, 4) is 5.75 Å². The predicted octanol–water partition coefficient (Wildman–Crippen LogP) is 5.87. The Labute approximate surface area is 175 Å². The minimum atomic E-state index is -0.376. The number of amides is 1. The van der Waals surface area contributed by atoms with Gasteiger partial charge < -0.3 is 9.47 Å². The van der Waals surface area contributed by atoms with Gasteiger partial charge >= 0.3 is 6.09 Å². The minimum Gasteiger partial charge on any atom is -0.457 e. The van der Waals surface area contributed by atoms with E-state index >= 15 is 0 Å². The second-order valence-electron chi connectivity index (χ2n) is 7.61. The fraction of sp³-hybridized carbons (Fsp3) is 0.240. The summed E-state index contributed by atoms with van der Waals surface area (Å²) in [5.74, 6) is 1.09. The molecule has 1 aliphatic heterocycles. The molecule has 0 radical (unpaired) electrons. The van der Waals surface area contributed by atoms with Gasteiger partial charge in [0.2, 0.25) is 0 Å². The van der Waals surface area contributed by atoms with E-state index < -0.39 is 0 Å². The molecule has 0 saturated carbocycles. The highest BCUT2D eigenvalue weighted by molar-refractivity contribution is 5.73. The Bertz CT molecular complexity index is 1020. The molecule has 30 heavy (non-hydrogen) atoms. The third kappa shape index (κ3) is 4.30. The number of ether oxygens (including phenoxy) is 2. The van der Waals surface area contributed by atoms with Crippen molar-refractivity contribution < 1.29 is 18.7 Å². The van der Waals surface area contributed by atoms with Gasteiger partial charge in [-0.25, -0.2) is 9.18 Å². The summed E-state index contributed by atoms with van der Waals surface area (Å²) < 4.78 is 25.0. The Hall–Kier alpha value is -3.34. The molecule has 2 aliphatic rings. The Balaban J connectivity index is 1.55. The quantitative estimate of drug-likeness (QED) is 0.625. The molecule has 4 nitrogen and oxygen atoms in total. The van der Waals surface area contributed by atoms with Gasteiger partial charge in [0.1, 0.15) is 23.9 Å². The van der Waals surface area contributed by atoms with Crippen LogP contribution in [-0.4, -0.2) is 23.6 Å². The van der Waals surface area contributed by atoms with Crippen LogP contribution in [0.1, 0.15) is 30.4 Å². The number of nitrogens with zero attached hydrogens (tertiary/aromatic N) is 1. The van der Waals surface area contributed by atoms with Crippen LogP contribution in [0.3, 0.4) is 0 Å². The van der Waals surface area contributed by atoms with Gasteiger partial charge in [0.15, 0.2) is 0 Å². The zero-order valence-corrected chi connectivity index (χ0v) is 17.0. The van der Waals surface area contributed by atoms with Gasteiger partial charge in [0, 0.05) is 18.0 Å². The average molecular weight is 405 g/mol. The van der Waals surface area contributed by atoms with Crippen LogP contribution in [0, 0.1) is 12.7 Å². The monoisotopic (exact) mass is 405 g/mol. The second-order valence-corrected chi connectivity index (χ2v) is 7.61. The van der Waals surface area contributed by atoms with Crippen molar-refractivity contribution in [2.24, 2.45) is 0 Å². The SMILES string of the molecule is Cc1ccc(OC2=CC=C(N3C(=O)OCC3[C@H](C)c3cccc(F)c3)CC=C2)cc1. The average Bonchev–Trinajstić information content (AvgIpc) is 2.97. The van der Waals surface area contributed by atoms with Crippen molar-refractivity contribution >= 4 is 6.09 Å². The number of carbonyl (C=O) groups is 1. The van der Waals surface area contributed by atoms with Crippen LogP contribution in [-0.2, 0) is 4.74 Å². The lowest BCUT2D eigenvalue weighted by molar-refractivity contribution is 0.164. The fourth-order valence-corrected chi connectivity index (χ4v) is 3.73. The molecule has 0 N–H and O–H groups in total. The summed E-state index contributed by atoms with van der Waals surface area (Å²) >= 11 is 0. The number of allylic oxidation sites excluding steroid dienone is 4. The van der Waals surface area contributed by atoms with E-state index in [4.69, 9.17) is 9.47 Å². The summed E-state index contributed by atoms with van der Waals surface area (Å²) in [5, 5.41) is 0. The third-order valence-corrected chi connectivity index (χ3v) is 5.47. The van der Waals surface area contributed by atoms with E-state index in [2.05, 4.69) is 0 Å². The largest absolute Gasteiger partial charge is 0.457 e. The van der Waals surface area contributed by atoms with Crippen LogP contribution >= 0.6 is 0 Å². The molecule has 1 amide bonds. The number of hydrogen-bond donors (Lipinski definition) is 0. The van der Waals surface area contributed by atoms with Crippen LogP contribution in [0.4, 0.5) is 9.18 Å². The van der Waals surface area contributed by atoms with Crippen molar-refractivity contribution in [2.75, 3.05) is 6.61 Å². The maximum absolute atomic E-state index is 13.7. The first-order valence-corrected chi connectivity index (χ1v) is 10.0. The van der Waals surface area contributed by atoms with Gasteiger partial charge in [-0.15, -0.1) is 0 Å². The predicted molar refractivity (Wildman–Crippen MR) is 114 cm³/mol. The normalized spacial score (nSPS) is 19.6. The highest BCUT2D eigenvalue weighted by Crippen LogP contribution is 2.33. The number of cyclic esters (lactones) is 1. The molecular formula is C25H24FNO3. The van der Waals surface area contributed by atoms with E-state index in [-0.39, 0.29) is 30.5 Å². The molecule has 0 bridgehead atoms. The van der Waals surface area contributed by atoms with Crippen molar-refractivity contribution in [3.63, 3.8) is 0 Å². The van der Waals surface area contributed by atoms with Gasteiger partial charge in [-0.3, -0.25) is 4.90 Å². The molecule has 1 fully saturated rings. The molecule has 1 unspecified atom stereocenters. The number of hydrogen-bond acceptors (Lipinski definition) is 3. The molecule has 0 aromatic heterocycles. The van der Waals surface area contributed by atoms with Crippen LogP contribution in [0.25, 0.3) is 0 Å². The number of halogens is 1. The molecule has 4 rings (SSSR count).